The van der Waals surface area contributed by atoms with Crippen molar-refractivity contribution in [1.82, 2.24) is 9.55 Å². The van der Waals surface area contributed by atoms with Crippen LogP contribution in [0.2, 0.25) is 0 Å². The summed E-state index contributed by atoms with van der Waals surface area (Å²) in [5.41, 5.74) is 4.35. The van der Waals surface area contributed by atoms with Crippen LogP contribution in [0.4, 0.5) is 0 Å². The van der Waals surface area contributed by atoms with Gasteiger partial charge in [-0.3, -0.25) is 4.79 Å². The minimum Gasteiger partial charge on any atom is -0.479 e. The second kappa shape index (κ2) is 11.4. The zero-order valence-corrected chi connectivity index (χ0v) is 21.5. The van der Waals surface area contributed by atoms with Crippen molar-refractivity contribution < 1.29 is 19.4 Å². The number of carbonyl (C=O) groups excluding carboxylic acids is 1. The highest BCUT2D eigenvalue weighted by molar-refractivity contribution is 6.07. The SMILES string of the molecule is Cc1ccc(C(=O)c2nc(-c3ccccc3)cn2CCCc2ccc(COC(C)(C)C(=O)O)cc2)cc1. The van der Waals surface area contributed by atoms with Crippen LogP contribution in [0.3, 0.4) is 0 Å². The smallest absolute Gasteiger partial charge is 0.335 e. The summed E-state index contributed by atoms with van der Waals surface area (Å²) in [6.07, 6.45) is 3.63. The molecule has 1 aromatic heterocycles. The highest BCUT2D eigenvalue weighted by Gasteiger charge is 2.27. The van der Waals surface area contributed by atoms with Gasteiger partial charge in [-0.05, 0) is 44.7 Å². The highest BCUT2D eigenvalue weighted by atomic mass is 16.5. The van der Waals surface area contributed by atoms with Gasteiger partial charge >= 0.3 is 5.97 Å². The van der Waals surface area contributed by atoms with E-state index in [-0.39, 0.29) is 12.4 Å². The van der Waals surface area contributed by atoms with Gasteiger partial charge in [-0.1, -0.05) is 84.4 Å². The van der Waals surface area contributed by atoms with E-state index in [2.05, 4.69) is 0 Å². The fourth-order valence-electron chi connectivity index (χ4n) is 3.93. The molecule has 0 aliphatic rings. The topological polar surface area (TPSA) is 81.4 Å². The van der Waals surface area contributed by atoms with Crippen LogP contribution in [0.25, 0.3) is 11.3 Å². The van der Waals surface area contributed by atoms with Crippen molar-refractivity contribution in [2.24, 2.45) is 0 Å². The Bertz CT molecular complexity index is 1350. The predicted octanol–water partition coefficient (Wildman–Crippen LogP) is 6.10. The lowest BCUT2D eigenvalue weighted by atomic mass is 10.1. The number of carbonyl (C=O) groups is 2. The third kappa shape index (κ3) is 6.60. The second-order valence-corrected chi connectivity index (χ2v) is 9.73. The quantitative estimate of drug-likeness (QED) is 0.254. The fourth-order valence-corrected chi connectivity index (χ4v) is 3.93. The number of aliphatic carboxylic acids is 1. The van der Waals surface area contributed by atoms with Crippen molar-refractivity contribution >= 4 is 11.8 Å². The average molecular weight is 497 g/mol. The Morgan fingerprint density at radius 1 is 0.919 bits per heavy atom. The van der Waals surface area contributed by atoms with Crippen molar-refractivity contribution in [3.63, 3.8) is 0 Å². The fraction of sp³-hybridized carbons (Fsp3) is 0.258. The maximum Gasteiger partial charge on any atom is 0.335 e. The molecule has 1 N–H and O–H groups in total. The van der Waals surface area contributed by atoms with E-state index < -0.39 is 11.6 Å². The van der Waals surface area contributed by atoms with Crippen molar-refractivity contribution in [1.29, 1.82) is 0 Å². The van der Waals surface area contributed by atoms with E-state index >= 15 is 0 Å². The summed E-state index contributed by atoms with van der Waals surface area (Å²) >= 11 is 0. The van der Waals surface area contributed by atoms with Gasteiger partial charge in [0.25, 0.3) is 0 Å². The lowest BCUT2D eigenvalue weighted by Crippen LogP contribution is -2.34. The number of carboxylic acids is 1. The zero-order valence-electron chi connectivity index (χ0n) is 21.5. The molecule has 0 bridgehead atoms. The first-order valence-electron chi connectivity index (χ1n) is 12.4. The molecule has 4 rings (SSSR count). The summed E-state index contributed by atoms with van der Waals surface area (Å²) < 4.78 is 7.49. The standard InChI is InChI=1S/C31H32N2O4/c1-22-11-17-26(18-12-22)28(34)29-32-27(25-9-5-4-6-10-25)20-33(29)19-7-8-23-13-15-24(16-14-23)21-37-31(2,3)30(35)36/h4-6,9-18,20H,7-8,19,21H2,1-3H3,(H,35,36). The number of ketones is 1. The van der Waals surface area contributed by atoms with Crippen LogP contribution in [0.15, 0.2) is 85.1 Å². The monoisotopic (exact) mass is 496 g/mol. The summed E-state index contributed by atoms with van der Waals surface area (Å²) in [6, 6.07) is 25.5. The lowest BCUT2D eigenvalue weighted by Gasteiger charge is -2.20. The Hall–Kier alpha value is -4.03. The van der Waals surface area contributed by atoms with Gasteiger partial charge in [0.05, 0.1) is 12.3 Å². The molecule has 0 fully saturated rings. The van der Waals surface area contributed by atoms with Crippen molar-refractivity contribution in [2.45, 2.75) is 52.4 Å². The number of ether oxygens (including phenoxy) is 1. The molecule has 0 unspecified atom stereocenters. The number of hydrogen-bond donors (Lipinski definition) is 1. The van der Waals surface area contributed by atoms with E-state index in [1.807, 2.05) is 96.6 Å². The van der Waals surface area contributed by atoms with E-state index in [1.54, 1.807) is 13.8 Å². The number of aromatic nitrogens is 2. The maximum atomic E-state index is 13.3. The number of carboxylic acid groups (broad SMARTS) is 1. The first kappa shape index (κ1) is 26.0. The summed E-state index contributed by atoms with van der Waals surface area (Å²) in [5.74, 6) is -0.633. The molecule has 0 aliphatic carbocycles. The number of hydrogen-bond acceptors (Lipinski definition) is 4. The van der Waals surface area contributed by atoms with Gasteiger partial charge in [-0.25, -0.2) is 9.78 Å². The van der Waals surface area contributed by atoms with Gasteiger partial charge in [-0.15, -0.1) is 0 Å². The lowest BCUT2D eigenvalue weighted by molar-refractivity contribution is -0.162. The number of rotatable bonds is 11. The first-order chi connectivity index (χ1) is 17.7. The molecule has 0 aliphatic heterocycles. The van der Waals surface area contributed by atoms with Gasteiger partial charge in [0.2, 0.25) is 5.78 Å². The summed E-state index contributed by atoms with van der Waals surface area (Å²) in [6.45, 7) is 5.98. The average Bonchev–Trinajstić information content (AvgIpc) is 3.33. The summed E-state index contributed by atoms with van der Waals surface area (Å²) in [5, 5.41) is 9.20. The van der Waals surface area contributed by atoms with Crippen molar-refractivity contribution in [2.75, 3.05) is 0 Å². The van der Waals surface area contributed by atoms with Crippen molar-refractivity contribution in [3.8, 4) is 11.3 Å². The first-order valence-corrected chi connectivity index (χ1v) is 12.4. The summed E-state index contributed by atoms with van der Waals surface area (Å²) in [7, 11) is 0. The Labute approximate surface area is 217 Å². The van der Waals surface area contributed by atoms with Gasteiger partial charge in [-0.2, -0.15) is 0 Å². The van der Waals surface area contributed by atoms with E-state index in [1.165, 1.54) is 0 Å². The van der Waals surface area contributed by atoms with Gasteiger partial charge in [0.15, 0.2) is 11.4 Å². The van der Waals surface area contributed by atoms with Crippen molar-refractivity contribution in [3.05, 3.63) is 113 Å². The molecule has 1 heterocycles. The Balaban J connectivity index is 1.45. The molecular formula is C31H32N2O4. The van der Waals surface area contributed by atoms with E-state index in [4.69, 9.17) is 9.72 Å². The maximum absolute atomic E-state index is 13.3. The van der Waals surface area contributed by atoms with Crippen LogP contribution in [-0.4, -0.2) is 32.0 Å². The van der Waals surface area contributed by atoms with Gasteiger partial charge in [0, 0.05) is 23.9 Å². The molecule has 0 saturated heterocycles. The molecule has 4 aromatic rings. The number of aryl methyl sites for hydroxylation is 3. The molecule has 3 aromatic carbocycles. The molecule has 190 valence electrons. The minimum atomic E-state index is -1.23. The Morgan fingerprint density at radius 2 is 1.57 bits per heavy atom. The molecule has 0 amide bonds. The molecule has 0 atom stereocenters. The minimum absolute atomic E-state index is 0.0872. The van der Waals surface area contributed by atoms with Crippen LogP contribution >= 0.6 is 0 Å². The van der Waals surface area contributed by atoms with Crippen LogP contribution in [0.5, 0.6) is 0 Å². The molecule has 6 nitrogen and oxygen atoms in total. The molecule has 6 heteroatoms. The second-order valence-electron chi connectivity index (χ2n) is 9.73. The molecule has 37 heavy (non-hydrogen) atoms. The van der Waals surface area contributed by atoms with Crippen LogP contribution in [0, 0.1) is 6.92 Å². The number of benzene rings is 3. The van der Waals surface area contributed by atoms with E-state index in [9.17, 15) is 14.7 Å². The highest BCUT2D eigenvalue weighted by Crippen LogP contribution is 2.21. The third-order valence-electron chi connectivity index (χ3n) is 6.37. The molecular weight excluding hydrogens is 464 g/mol. The Kier molecular flexibility index (Phi) is 7.99. The third-order valence-corrected chi connectivity index (χ3v) is 6.37. The van der Waals surface area contributed by atoms with Crippen LogP contribution in [-0.2, 0) is 29.1 Å². The predicted molar refractivity (Wildman–Crippen MR) is 144 cm³/mol. The Morgan fingerprint density at radius 3 is 2.22 bits per heavy atom. The molecule has 0 radical (unpaired) electrons. The number of nitrogens with zero attached hydrogens (tertiary/aromatic N) is 2. The zero-order chi connectivity index (χ0) is 26.4. The van der Waals surface area contributed by atoms with Crippen LogP contribution < -0.4 is 0 Å². The van der Waals surface area contributed by atoms with Crippen LogP contribution in [0.1, 0.15) is 53.1 Å². The van der Waals surface area contributed by atoms with E-state index in [0.717, 1.165) is 40.8 Å². The molecule has 0 saturated carbocycles. The largest absolute Gasteiger partial charge is 0.479 e. The molecule has 0 spiro atoms. The van der Waals surface area contributed by atoms with Gasteiger partial charge < -0.3 is 14.4 Å². The number of imidazole rings is 1. The summed E-state index contributed by atoms with van der Waals surface area (Å²) in [4.78, 5) is 29.3. The van der Waals surface area contributed by atoms with Gasteiger partial charge in [0.1, 0.15) is 0 Å². The normalized spacial score (nSPS) is 11.4. The van der Waals surface area contributed by atoms with E-state index in [0.29, 0.717) is 17.9 Å².